The fourth-order valence-electron chi connectivity index (χ4n) is 2.72. The Morgan fingerprint density at radius 1 is 1.38 bits per heavy atom. The monoisotopic (exact) mass is 304 g/mol. The van der Waals surface area contributed by atoms with Crippen LogP contribution in [-0.2, 0) is 11.3 Å². The standard InChI is InChI=1S/C14H19F3N2O2/c15-14(16,17)9-19(8-10-4-3-7-21-10)13(20)11-5-1-2-6-12(11)18/h3-4,7,11-12H,1-2,5-6,8-9,18H2. The zero-order valence-corrected chi connectivity index (χ0v) is 11.6. The molecule has 0 bridgehead atoms. The molecule has 1 fully saturated rings. The van der Waals surface area contributed by atoms with Gasteiger partial charge in [0.1, 0.15) is 12.3 Å². The minimum atomic E-state index is -4.44. The highest BCUT2D eigenvalue weighted by atomic mass is 19.4. The Labute approximate surface area is 121 Å². The van der Waals surface area contributed by atoms with Crippen molar-refractivity contribution in [2.24, 2.45) is 11.7 Å². The predicted molar refractivity (Wildman–Crippen MR) is 70.1 cm³/mol. The largest absolute Gasteiger partial charge is 0.467 e. The van der Waals surface area contributed by atoms with Crippen LogP contribution in [0.5, 0.6) is 0 Å². The van der Waals surface area contributed by atoms with Crippen molar-refractivity contribution < 1.29 is 22.4 Å². The topological polar surface area (TPSA) is 59.5 Å². The van der Waals surface area contributed by atoms with Crippen LogP contribution in [0.15, 0.2) is 22.8 Å². The summed E-state index contributed by atoms with van der Waals surface area (Å²) >= 11 is 0. The first-order valence-electron chi connectivity index (χ1n) is 7.00. The molecule has 0 saturated heterocycles. The predicted octanol–water partition coefficient (Wildman–Crippen LogP) is 2.69. The van der Waals surface area contributed by atoms with Crippen LogP contribution in [0.25, 0.3) is 0 Å². The maximum absolute atomic E-state index is 12.7. The van der Waals surface area contributed by atoms with Crippen molar-refractivity contribution >= 4 is 5.91 Å². The summed E-state index contributed by atoms with van der Waals surface area (Å²) in [6, 6.07) is 2.77. The summed E-state index contributed by atoms with van der Waals surface area (Å²) in [5, 5.41) is 0. The average molecular weight is 304 g/mol. The fourth-order valence-corrected chi connectivity index (χ4v) is 2.72. The molecule has 1 amide bonds. The molecule has 0 spiro atoms. The maximum atomic E-state index is 12.7. The highest BCUT2D eigenvalue weighted by Crippen LogP contribution is 2.27. The van der Waals surface area contributed by atoms with Gasteiger partial charge in [0.2, 0.25) is 5.91 Å². The van der Waals surface area contributed by atoms with E-state index in [1.807, 2.05) is 0 Å². The van der Waals surface area contributed by atoms with Crippen LogP contribution in [0.3, 0.4) is 0 Å². The molecular weight excluding hydrogens is 285 g/mol. The van der Waals surface area contributed by atoms with E-state index in [4.69, 9.17) is 10.2 Å². The van der Waals surface area contributed by atoms with Crippen molar-refractivity contribution in [3.63, 3.8) is 0 Å². The first-order chi connectivity index (χ1) is 9.87. The van der Waals surface area contributed by atoms with Crippen molar-refractivity contribution in [3.8, 4) is 0 Å². The number of alkyl halides is 3. The smallest absolute Gasteiger partial charge is 0.406 e. The Kier molecular flexibility index (Phi) is 4.92. The summed E-state index contributed by atoms with van der Waals surface area (Å²) in [7, 11) is 0. The molecule has 2 N–H and O–H groups in total. The van der Waals surface area contributed by atoms with E-state index in [1.165, 1.54) is 6.26 Å². The zero-order chi connectivity index (χ0) is 15.5. The van der Waals surface area contributed by atoms with E-state index in [2.05, 4.69) is 0 Å². The van der Waals surface area contributed by atoms with E-state index >= 15 is 0 Å². The van der Waals surface area contributed by atoms with E-state index in [0.29, 0.717) is 18.6 Å². The Morgan fingerprint density at radius 2 is 2.10 bits per heavy atom. The van der Waals surface area contributed by atoms with E-state index in [9.17, 15) is 18.0 Å². The minimum absolute atomic E-state index is 0.186. The summed E-state index contributed by atoms with van der Waals surface area (Å²) < 4.78 is 43.2. The van der Waals surface area contributed by atoms with Crippen LogP contribution >= 0.6 is 0 Å². The van der Waals surface area contributed by atoms with Crippen LogP contribution < -0.4 is 5.73 Å². The minimum Gasteiger partial charge on any atom is -0.467 e. The molecule has 1 aromatic rings. The van der Waals surface area contributed by atoms with Gasteiger partial charge in [-0.3, -0.25) is 4.79 Å². The van der Waals surface area contributed by atoms with Crippen molar-refractivity contribution in [2.75, 3.05) is 6.54 Å². The lowest BCUT2D eigenvalue weighted by molar-refractivity contribution is -0.166. The summed E-state index contributed by atoms with van der Waals surface area (Å²) in [6.07, 6.45) is -0.102. The maximum Gasteiger partial charge on any atom is 0.406 e. The molecule has 0 aliphatic heterocycles. The summed E-state index contributed by atoms with van der Waals surface area (Å²) in [5.74, 6) is -0.732. The molecule has 1 aromatic heterocycles. The molecular formula is C14H19F3N2O2. The molecule has 0 radical (unpaired) electrons. The van der Waals surface area contributed by atoms with Crippen molar-refractivity contribution in [1.29, 1.82) is 0 Å². The molecule has 1 aliphatic rings. The van der Waals surface area contributed by atoms with Crippen molar-refractivity contribution in [1.82, 2.24) is 4.90 Å². The number of nitrogens with two attached hydrogens (primary N) is 1. The van der Waals surface area contributed by atoms with Gasteiger partial charge in [0, 0.05) is 6.04 Å². The van der Waals surface area contributed by atoms with Crippen LogP contribution in [0.1, 0.15) is 31.4 Å². The van der Waals surface area contributed by atoms with Gasteiger partial charge < -0.3 is 15.1 Å². The fraction of sp³-hybridized carbons (Fsp3) is 0.643. The number of furan rings is 1. The van der Waals surface area contributed by atoms with Crippen LogP contribution in [0.2, 0.25) is 0 Å². The second kappa shape index (κ2) is 6.51. The molecule has 21 heavy (non-hydrogen) atoms. The summed E-state index contributed by atoms with van der Waals surface area (Å²) in [6.45, 7) is -1.47. The molecule has 2 unspecified atom stereocenters. The molecule has 2 rings (SSSR count). The SMILES string of the molecule is NC1CCCCC1C(=O)N(Cc1ccco1)CC(F)(F)F. The second-order valence-electron chi connectivity index (χ2n) is 5.44. The number of nitrogens with zero attached hydrogens (tertiary/aromatic N) is 1. The van der Waals surface area contributed by atoms with Gasteiger partial charge in [-0.2, -0.15) is 13.2 Å². The van der Waals surface area contributed by atoms with Crippen LogP contribution in [0, 0.1) is 5.92 Å². The molecule has 1 aliphatic carbocycles. The molecule has 7 heteroatoms. The third-order valence-corrected chi connectivity index (χ3v) is 3.75. The van der Waals surface area contributed by atoms with E-state index < -0.39 is 24.5 Å². The third-order valence-electron chi connectivity index (χ3n) is 3.75. The normalized spacial score (nSPS) is 23.0. The first kappa shape index (κ1) is 15.9. The molecule has 1 saturated carbocycles. The van der Waals surface area contributed by atoms with Gasteiger partial charge in [-0.25, -0.2) is 0 Å². The molecule has 1 heterocycles. The molecule has 4 nitrogen and oxygen atoms in total. The average Bonchev–Trinajstić information content (AvgIpc) is 2.89. The quantitative estimate of drug-likeness (QED) is 0.930. The van der Waals surface area contributed by atoms with E-state index in [0.717, 1.165) is 17.7 Å². The number of amides is 1. The lowest BCUT2D eigenvalue weighted by Crippen LogP contribution is -2.48. The highest BCUT2D eigenvalue weighted by Gasteiger charge is 2.38. The number of hydrogen-bond acceptors (Lipinski definition) is 3. The number of carbonyl (C=O) groups excluding carboxylic acids is 1. The van der Waals surface area contributed by atoms with Crippen molar-refractivity contribution in [2.45, 2.75) is 44.4 Å². The lowest BCUT2D eigenvalue weighted by atomic mass is 9.84. The second-order valence-corrected chi connectivity index (χ2v) is 5.44. The first-order valence-corrected chi connectivity index (χ1v) is 7.00. The Hall–Kier alpha value is -1.50. The van der Waals surface area contributed by atoms with Gasteiger partial charge in [-0.1, -0.05) is 12.8 Å². The molecule has 0 aromatic carbocycles. The zero-order valence-electron chi connectivity index (χ0n) is 11.6. The number of rotatable bonds is 4. The van der Waals surface area contributed by atoms with Gasteiger partial charge in [0.05, 0.1) is 18.7 Å². The third kappa shape index (κ3) is 4.49. The van der Waals surface area contributed by atoms with Crippen molar-refractivity contribution in [3.05, 3.63) is 24.2 Å². The Balaban J connectivity index is 2.11. The van der Waals surface area contributed by atoms with Gasteiger partial charge in [0.15, 0.2) is 0 Å². The van der Waals surface area contributed by atoms with Crippen LogP contribution in [0.4, 0.5) is 13.2 Å². The lowest BCUT2D eigenvalue weighted by Gasteiger charge is -2.33. The number of hydrogen-bond donors (Lipinski definition) is 1. The van der Waals surface area contributed by atoms with Gasteiger partial charge in [0.25, 0.3) is 0 Å². The summed E-state index contributed by atoms with van der Waals surface area (Å²) in [4.78, 5) is 13.2. The van der Waals surface area contributed by atoms with E-state index in [-0.39, 0.29) is 12.6 Å². The van der Waals surface area contributed by atoms with Gasteiger partial charge >= 0.3 is 6.18 Å². The summed E-state index contributed by atoms with van der Waals surface area (Å²) in [5.41, 5.74) is 5.90. The Bertz CT molecular complexity index is 459. The number of carbonyl (C=O) groups is 1. The highest BCUT2D eigenvalue weighted by molar-refractivity contribution is 5.79. The Morgan fingerprint density at radius 3 is 2.67 bits per heavy atom. The van der Waals surface area contributed by atoms with E-state index in [1.54, 1.807) is 12.1 Å². The van der Waals surface area contributed by atoms with Gasteiger partial charge in [-0.15, -0.1) is 0 Å². The molecule has 118 valence electrons. The van der Waals surface area contributed by atoms with Crippen LogP contribution in [-0.4, -0.2) is 29.6 Å². The number of halogens is 3. The molecule has 2 atom stereocenters. The van der Waals surface area contributed by atoms with Gasteiger partial charge in [-0.05, 0) is 25.0 Å².